The van der Waals surface area contributed by atoms with Crippen LogP contribution in [0.1, 0.15) is 15.9 Å². The zero-order valence-electron chi connectivity index (χ0n) is 17.4. The zero-order chi connectivity index (χ0) is 22.3. The van der Waals surface area contributed by atoms with Gasteiger partial charge in [0.2, 0.25) is 10.0 Å². The van der Waals surface area contributed by atoms with Crippen LogP contribution in [0.2, 0.25) is 0 Å². The Bertz CT molecular complexity index is 1430. The molecule has 0 bridgehead atoms. The summed E-state index contributed by atoms with van der Waals surface area (Å²) in [5, 5.41) is 1.77. The number of nitrogens with zero attached hydrogens (tertiary/aromatic N) is 1. The van der Waals surface area contributed by atoms with E-state index in [2.05, 4.69) is 0 Å². The molecule has 164 valence electrons. The van der Waals surface area contributed by atoms with Crippen molar-refractivity contribution in [3.05, 3.63) is 71.8 Å². The smallest absolute Gasteiger partial charge is 0.343 e. The van der Waals surface area contributed by atoms with E-state index in [-0.39, 0.29) is 23.5 Å². The van der Waals surface area contributed by atoms with Crippen LogP contribution >= 0.6 is 0 Å². The van der Waals surface area contributed by atoms with Gasteiger partial charge in [-0.2, -0.15) is 4.31 Å². The number of hydrogen-bond acceptors (Lipinski definition) is 6. The number of ether oxygens (including phenoxy) is 2. The van der Waals surface area contributed by atoms with Crippen molar-refractivity contribution in [2.75, 3.05) is 26.3 Å². The fourth-order valence-corrected chi connectivity index (χ4v) is 5.28. The molecular formula is C24H21NO6S. The first-order valence-electron chi connectivity index (χ1n) is 10.3. The van der Waals surface area contributed by atoms with Crippen molar-refractivity contribution in [3.63, 3.8) is 0 Å². The predicted octanol–water partition coefficient (Wildman–Crippen LogP) is 4.13. The number of sulfonamides is 1. The number of morpholine rings is 1. The molecular weight excluding hydrogens is 430 g/mol. The minimum absolute atomic E-state index is 0.0632. The highest BCUT2D eigenvalue weighted by molar-refractivity contribution is 7.89. The van der Waals surface area contributed by atoms with Crippen LogP contribution < -0.4 is 4.74 Å². The van der Waals surface area contributed by atoms with Gasteiger partial charge in [0, 0.05) is 23.9 Å². The van der Waals surface area contributed by atoms with Gasteiger partial charge in [0.1, 0.15) is 16.9 Å². The number of carbonyl (C=O) groups is 1. The molecule has 32 heavy (non-hydrogen) atoms. The third kappa shape index (κ3) is 3.66. The van der Waals surface area contributed by atoms with Gasteiger partial charge in [-0.25, -0.2) is 13.2 Å². The van der Waals surface area contributed by atoms with Gasteiger partial charge >= 0.3 is 5.97 Å². The molecule has 1 saturated heterocycles. The van der Waals surface area contributed by atoms with Crippen LogP contribution in [-0.2, 0) is 14.8 Å². The average Bonchev–Trinajstić information content (AvgIpc) is 3.18. The molecule has 0 unspecified atom stereocenters. The minimum atomic E-state index is -3.72. The first-order chi connectivity index (χ1) is 15.4. The molecule has 0 atom stereocenters. The lowest BCUT2D eigenvalue weighted by molar-refractivity contribution is 0.0727. The second-order valence-corrected chi connectivity index (χ2v) is 9.58. The lowest BCUT2D eigenvalue weighted by Gasteiger charge is -2.26. The first kappa shape index (κ1) is 20.7. The summed E-state index contributed by atoms with van der Waals surface area (Å²) in [4.78, 5) is 13.0. The van der Waals surface area contributed by atoms with E-state index in [9.17, 15) is 13.2 Å². The maximum absolute atomic E-state index is 13.0. The molecule has 8 heteroatoms. The molecule has 0 radical (unpaired) electrons. The molecule has 1 aliphatic heterocycles. The number of fused-ring (bicyclic) bond motifs is 3. The van der Waals surface area contributed by atoms with Crippen LogP contribution in [0.3, 0.4) is 0 Å². The quantitative estimate of drug-likeness (QED) is 0.343. The highest BCUT2D eigenvalue weighted by atomic mass is 32.2. The van der Waals surface area contributed by atoms with Crippen LogP contribution in [-0.4, -0.2) is 45.0 Å². The van der Waals surface area contributed by atoms with Gasteiger partial charge in [0.15, 0.2) is 0 Å². The maximum atomic E-state index is 13.0. The van der Waals surface area contributed by atoms with Crippen LogP contribution in [0.25, 0.3) is 21.9 Å². The predicted molar refractivity (Wildman–Crippen MR) is 119 cm³/mol. The Labute approximate surface area is 185 Å². The average molecular weight is 452 g/mol. The molecule has 1 aromatic heterocycles. The molecule has 0 saturated carbocycles. The first-order valence-corrected chi connectivity index (χ1v) is 11.7. The molecule has 7 nitrogen and oxygen atoms in total. The van der Waals surface area contributed by atoms with E-state index in [1.165, 1.54) is 16.4 Å². The summed E-state index contributed by atoms with van der Waals surface area (Å²) in [6.45, 7) is 3.02. The maximum Gasteiger partial charge on any atom is 0.343 e. The molecule has 0 aliphatic carbocycles. The van der Waals surface area contributed by atoms with E-state index in [0.29, 0.717) is 30.1 Å². The lowest BCUT2D eigenvalue weighted by atomic mass is 10.1. The van der Waals surface area contributed by atoms with Crippen molar-refractivity contribution in [1.29, 1.82) is 0 Å². The zero-order valence-corrected chi connectivity index (χ0v) is 18.2. The van der Waals surface area contributed by atoms with E-state index in [4.69, 9.17) is 13.9 Å². The van der Waals surface area contributed by atoms with Crippen molar-refractivity contribution in [2.45, 2.75) is 11.8 Å². The van der Waals surface area contributed by atoms with Gasteiger partial charge in [-0.05, 0) is 48.9 Å². The highest BCUT2D eigenvalue weighted by Crippen LogP contribution is 2.31. The molecule has 4 aromatic rings. The minimum Gasteiger partial charge on any atom is -0.456 e. The summed E-state index contributed by atoms with van der Waals surface area (Å²) < 4.78 is 44.0. The highest BCUT2D eigenvalue weighted by Gasteiger charge is 2.27. The molecule has 2 heterocycles. The van der Waals surface area contributed by atoms with Crippen LogP contribution in [0.15, 0.2) is 70.0 Å². The number of esters is 1. The number of para-hydroxylation sites is 1. The van der Waals surface area contributed by atoms with Gasteiger partial charge in [0.25, 0.3) is 0 Å². The van der Waals surface area contributed by atoms with E-state index >= 15 is 0 Å². The number of furan rings is 1. The standard InChI is InChI=1S/C24H21NO6S/c1-16-6-8-18(32(27,28)25-10-12-29-13-11-25)15-20(16)24(26)30-17-7-9-23-21(14-17)19-4-2-3-5-22(19)31-23/h2-9,14-15H,10-13H2,1H3. The van der Waals surface area contributed by atoms with E-state index in [1.807, 2.05) is 24.3 Å². The van der Waals surface area contributed by atoms with Crippen LogP contribution in [0.4, 0.5) is 0 Å². The summed E-state index contributed by atoms with van der Waals surface area (Å²) in [6.07, 6.45) is 0. The third-order valence-electron chi connectivity index (χ3n) is 5.60. The molecule has 1 aliphatic rings. The molecule has 0 amide bonds. The van der Waals surface area contributed by atoms with Crippen LogP contribution in [0.5, 0.6) is 5.75 Å². The molecule has 5 rings (SSSR count). The normalized spacial score (nSPS) is 15.3. The Morgan fingerprint density at radius 1 is 0.938 bits per heavy atom. The van der Waals surface area contributed by atoms with Crippen molar-refractivity contribution < 1.29 is 27.1 Å². The topological polar surface area (TPSA) is 86.0 Å². The second-order valence-electron chi connectivity index (χ2n) is 7.64. The Balaban J connectivity index is 1.45. The fourth-order valence-electron chi connectivity index (χ4n) is 3.85. The summed E-state index contributed by atoms with van der Waals surface area (Å²) in [5.74, 6) is -0.261. The second kappa shape index (κ2) is 8.05. The monoisotopic (exact) mass is 451 g/mol. The van der Waals surface area contributed by atoms with E-state index in [0.717, 1.165) is 16.4 Å². The van der Waals surface area contributed by atoms with Crippen molar-refractivity contribution in [1.82, 2.24) is 4.31 Å². The number of rotatable bonds is 4. The Kier molecular flexibility index (Phi) is 5.21. The Morgan fingerprint density at radius 3 is 2.50 bits per heavy atom. The van der Waals surface area contributed by atoms with Gasteiger partial charge in [0.05, 0.1) is 23.7 Å². The van der Waals surface area contributed by atoms with Gasteiger partial charge in [-0.3, -0.25) is 0 Å². The number of hydrogen-bond donors (Lipinski definition) is 0. The van der Waals surface area contributed by atoms with Crippen molar-refractivity contribution in [2.24, 2.45) is 0 Å². The van der Waals surface area contributed by atoms with E-state index in [1.54, 1.807) is 31.2 Å². The van der Waals surface area contributed by atoms with Crippen LogP contribution in [0, 0.1) is 6.92 Å². The molecule has 3 aromatic carbocycles. The molecule has 0 N–H and O–H groups in total. The third-order valence-corrected chi connectivity index (χ3v) is 7.49. The van der Waals surface area contributed by atoms with Gasteiger partial charge in [-0.1, -0.05) is 24.3 Å². The van der Waals surface area contributed by atoms with Crippen molar-refractivity contribution in [3.8, 4) is 5.75 Å². The Morgan fingerprint density at radius 2 is 1.69 bits per heavy atom. The number of aryl methyl sites for hydroxylation is 1. The summed E-state index contributed by atoms with van der Waals surface area (Å²) >= 11 is 0. The Hall–Kier alpha value is -3.20. The number of carbonyl (C=O) groups excluding carboxylic acids is 1. The summed E-state index contributed by atoms with van der Waals surface area (Å²) in [6, 6.07) is 17.3. The largest absolute Gasteiger partial charge is 0.456 e. The van der Waals surface area contributed by atoms with Gasteiger partial charge < -0.3 is 13.9 Å². The molecule has 1 fully saturated rings. The van der Waals surface area contributed by atoms with Crippen molar-refractivity contribution >= 4 is 37.9 Å². The van der Waals surface area contributed by atoms with Gasteiger partial charge in [-0.15, -0.1) is 0 Å². The summed E-state index contributed by atoms with van der Waals surface area (Å²) in [5.41, 5.74) is 2.28. The fraction of sp³-hybridized carbons (Fsp3) is 0.208. The lowest BCUT2D eigenvalue weighted by Crippen LogP contribution is -2.40. The SMILES string of the molecule is Cc1ccc(S(=O)(=O)N2CCOCC2)cc1C(=O)Oc1ccc2oc3ccccc3c2c1. The molecule has 0 spiro atoms. The summed E-state index contributed by atoms with van der Waals surface area (Å²) in [7, 11) is -3.72. The number of benzene rings is 3. The van der Waals surface area contributed by atoms with E-state index < -0.39 is 16.0 Å².